The number of nitrogens with one attached hydrogen (secondary N) is 2. The Morgan fingerprint density at radius 2 is 2.00 bits per heavy atom. The predicted octanol–water partition coefficient (Wildman–Crippen LogP) is 4.77. The third kappa shape index (κ3) is 6.73. The molecule has 1 aromatic carbocycles. The lowest BCUT2D eigenvalue weighted by Crippen LogP contribution is -2.37. The van der Waals surface area contributed by atoms with E-state index in [9.17, 15) is 5.26 Å². The number of rotatable bonds is 7. The minimum absolute atomic E-state index is 0. The van der Waals surface area contributed by atoms with E-state index in [1.807, 2.05) is 25.1 Å². The molecule has 2 aromatic rings. The van der Waals surface area contributed by atoms with E-state index in [0.717, 1.165) is 55.1 Å². The van der Waals surface area contributed by atoms with Crippen LogP contribution >= 0.6 is 24.8 Å². The van der Waals surface area contributed by atoms with Gasteiger partial charge in [-0.2, -0.15) is 10.2 Å². The Morgan fingerprint density at radius 1 is 1.23 bits per heavy atom. The molecule has 0 amide bonds. The minimum atomic E-state index is 0. The van der Waals surface area contributed by atoms with Crippen molar-refractivity contribution in [1.29, 1.82) is 5.26 Å². The number of benzene rings is 1. The lowest BCUT2D eigenvalue weighted by molar-refractivity contribution is 0.492. The van der Waals surface area contributed by atoms with E-state index in [1.54, 1.807) is 0 Å². The average Bonchev–Trinajstić information content (AvgIpc) is 3.11. The quantitative estimate of drug-likeness (QED) is 0.632. The first kappa shape index (κ1) is 26.0. The van der Waals surface area contributed by atoms with E-state index >= 15 is 0 Å². The van der Waals surface area contributed by atoms with Crippen LogP contribution in [0.5, 0.6) is 0 Å². The molecule has 1 unspecified atom stereocenters. The summed E-state index contributed by atoms with van der Waals surface area (Å²) in [5.74, 6) is 1.57. The third-order valence-electron chi connectivity index (χ3n) is 4.97. The Bertz CT molecular complexity index is 865. The molecule has 0 aliphatic carbocycles. The fourth-order valence-electron chi connectivity index (χ4n) is 3.61. The molecule has 1 aliphatic heterocycles. The molecular formula is C22H32Cl2N6. The zero-order chi connectivity index (χ0) is 20.1. The molecule has 0 spiro atoms. The zero-order valence-electron chi connectivity index (χ0n) is 18.1. The van der Waals surface area contributed by atoms with Crippen LogP contribution in [0.1, 0.15) is 50.4 Å². The maximum absolute atomic E-state index is 9.28. The standard InChI is InChI=1S/C22H30N6.2ClH/c1-5-6-18-12-21(28-10-9-20(14-28)24-15(2)3)27-22(25-18)26-19-8-7-16(4)17(11-19)13-23;;/h7-8,11-12,15,20,24H,5-6,9-10,14H2,1-4H3,(H,25,26,27);2*1H. The second-order valence-electron chi connectivity index (χ2n) is 7.81. The van der Waals surface area contributed by atoms with Gasteiger partial charge in [-0.05, 0) is 37.5 Å². The van der Waals surface area contributed by atoms with Gasteiger partial charge in [-0.25, -0.2) is 4.98 Å². The molecule has 1 aromatic heterocycles. The number of hydrogen-bond donors (Lipinski definition) is 2. The van der Waals surface area contributed by atoms with E-state index in [4.69, 9.17) is 4.98 Å². The van der Waals surface area contributed by atoms with Crippen molar-refractivity contribution in [2.45, 2.75) is 59.0 Å². The minimum Gasteiger partial charge on any atom is -0.355 e. The molecule has 0 bridgehead atoms. The predicted molar refractivity (Wildman–Crippen MR) is 129 cm³/mol. The monoisotopic (exact) mass is 450 g/mol. The molecule has 164 valence electrons. The Balaban J connectivity index is 0.00000225. The summed E-state index contributed by atoms with van der Waals surface area (Å²) in [7, 11) is 0. The Kier molecular flexibility index (Phi) is 10.3. The highest BCUT2D eigenvalue weighted by molar-refractivity contribution is 5.85. The molecule has 2 heterocycles. The maximum Gasteiger partial charge on any atom is 0.229 e. The molecule has 2 N–H and O–H groups in total. The Morgan fingerprint density at radius 3 is 2.67 bits per heavy atom. The summed E-state index contributed by atoms with van der Waals surface area (Å²) in [6.07, 6.45) is 3.08. The summed E-state index contributed by atoms with van der Waals surface area (Å²) in [6, 6.07) is 11.1. The number of nitriles is 1. The van der Waals surface area contributed by atoms with E-state index in [2.05, 4.69) is 53.4 Å². The number of hydrogen-bond acceptors (Lipinski definition) is 6. The third-order valence-corrected chi connectivity index (χ3v) is 4.97. The molecule has 1 fully saturated rings. The van der Waals surface area contributed by atoms with Gasteiger partial charge in [0.25, 0.3) is 0 Å². The van der Waals surface area contributed by atoms with E-state index in [0.29, 0.717) is 23.6 Å². The van der Waals surface area contributed by atoms with Gasteiger partial charge >= 0.3 is 0 Å². The molecule has 0 saturated carbocycles. The van der Waals surface area contributed by atoms with Crippen LogP contribution in [0.2, 0.25) is 0 Å². The lowest BCUT2D eigenvalue weighted by atomic mass is 10.1. The molecule has 6 nitrogen and oxygen atoms in total. The smallest absolute Gasteiger partial charge is 0.229 e. The first-order chi connectivity index (χ1) is 13.5. The van der Waals surface area contributed by atoms with Gasteiger partial charge in [0.05, 0.1) is 11.6 Å². The lowest BCUT2D eigenvalue weighted by Gasteiger charge is -2.20. The van der Waals surface area contributed by atoms with Crippen molar-refractivity contribution in [1.82, 2.24) is 15.3 Å². The first-order valence-electron chi connectivity index (χ1n) is 10.1. The molecule has 8 heteroatoms. The molecule has 0 radical (unpaired) electrons. The Labute approximate surface area is 192 Å². The van der Waals surface area contributed by atoms with Crippen molar-refractivity contribution >= 4 is 42.3 Å². The Hall–Kier alpha value is -2.07. The molecule has 30 heavy (non-hydrogen) atoms. The summed E-state index contributed by atoms with van der Waals surface area (Å²) in [5.41, 5.74) is 3.51. The number of aromatic nitrogens is 2. The highest BCUT2D eigenvalue weighted by atomic mass is 35.5. The molecule has 1 atom stereocenters. The van der Waals surface area contributed by atoms with Gasteiger partial charge in [0.2, 0.25) is 5.95 Å². The van der Waals surface area contributed by atoms with Gasteiger partial charge in [-0.15, -0.1) is 24.8 Å². The van der Waals surface area contributed by atoms with Gasteiger partial charge < -0.3 is 15.5 Å². The SMILES string of the molecule is CCCc1cc(N2CCC(NC(C)C)C2)nc(Nc2ccc(C)c(C#N)c2)n1.Cl.Cl. The number of anilines is 3. The highest BCUT2D eigenvalue weighted by Crippen LogP contribution is 2.24. The largest absolute Gasteiger partial charge is 0.355 e. The normalized spacial score (nSPS) is 15.3. The second kappa shape index (κ2) is 11.9. The van der Waals surface area contributed by atoms with Crippen molar-refractivity contribution in [3.05, 3.63) is 41.1 Å². The van der Waals surface area contributed by atoms with Crippen molar-refractivity contribution < 1.29 is 0 Å². The van der Waals surface area contributed by atoms with Crippen LogP contribution in [0.3, 0.4) is 0 Å². The average molecular weight is 451 g/mol. The van der Waals surface area contributed by atoms with Gasteiger partial charge in [-0.1, -0.05) is 33.3 Å². The summed E-state index contributed by atoms with van der Waals surface area (Å²) < 4.78 is 0. The topological polar surface area (TPSA) is 76.9 Å². The van der Waals surface area contributed by atoms with Gasteiger partial charge in [0, 0.05) is 42.6 Å². The van der Waals surface area contributed by atoms with Crippen molar-refractivity contribution in [2.24, 2.45) is 0 Å². The van der Waals surface area contributed by atoms with Crippen LogP contribution in [0.4, 0.5) is 17.5 Å². The van der Waals surface area contributed by atoms with E-state index in [1.165, 1.54) is 0 Å². The summed E-state index contributed by atoms with van der Waals surface area (Å²) in [4.78, 5) is 11.8. The van der Waals surface area contributed by atoms with Crippen LogP contribution < -0.4 is 15.5 Å². The fourth-order valence-corrected chi connectivity index (χ4v) is 3.61. The van der Waals surface area contributed by atoms with Gasteiger partial charge in [-0.3, -0.25) is 0 Å². The van der Waals surface area contributed by atoms with Crippen molar-refractivity contribution in [3.63, 3.8) is 0 Å². The second-order valence-corrected chi connectivity index (χ2v) is 7.81. The molecular weight excluding hydrogens is 419 g/mol. The van der Waals surface area contributed by atoms with Crippen LogP contribution in [0.15, 0.2) is 24.3 Å². The molecule has 1 aliphatic rings. The van der Waals surface area contributed by atoms with Gasteiger partial charge in [0.15, 0.2) is 0 Å². The van der Waals surface area contributed by atoms with Crippen molar-refractivity contribution in [2.75, 3.05) is 23.3 Å². The highest BCUT2D eigenvalue weighted by Gasteiger charge is 2.24. The zero-order valence-corrected chi connectivity index (χ0v) is 19.7. The number of aryl methyl sites for hydroxylation is 2. The number of nitrogens with zero attached hydrogens (tertiary/aromatic N) is 4. The first-order valence-corrected chi connectivity index (χ1v) is 10.1. The van der Waals surface area contributed by atoms with Crippen molar-refractivity contribution in [3.8, 4) is 6.07 Å². The summed E-state index contributed by atoms with van der Waals surface area (Å²) >= 11 is 0. The van der Waals surface area contributed by atoms with Crippen LogP contribution in [0, 0.1) is 18.3 Å². The fraction of sp³-hybridized carbons (Fsp3) is 0.500. The molecule has 1 saturated heterocycles. The van der Waals surface area contributed by atoms with E-state index < -0.39 is 0 Å². The van der Waals surface area contributed by atoms with Crippen LogP contribution in [-0.2, 0) is 6.42 Å². The maximum atomic E-state index is 9.28. The van der Waals surface area contributed by atoms with E-state index in [-0.39, 0.29) is 24.8 Å². The van der Waals surface area contributed by atoms with Crippen LogP contribution in [0.25, 0.3) is 0 Å². The summed E-state index contributed by atoms with van der Waals surface area (Å²) in [6.45, 7) is 10.4. The number of halogens is 2. The van der Waals surface area contributed by atoms with Crippen LogP contribution in [-0.4, -0.2) is 35.1 Å². The molecule has 3 rings (SSSR count). The van der Waals surface area contributed by atoms with Gasteiger partial charge in [0.1, 0.15) is 5.82 Å². The summed E-state index contributed by atoms with van der Waals surface area (Å²) in [5, 5.41) is 16.2.